The van der Waals surface area contributed by atoms with Crippen LogP contribution in [0.2, 0.25) is 0 Å². The van der Waals surface area contributed by atoms with E-state index in [9.17, 15) is 14.7 Å². The fourth-order valence-corrected chi connectivity index (χ4v) is 3.21. The minimum Gasteiger partial charge on any atom is -0.478 e. The predicted octanol–water partition coefficient (Wildman–Crippen LogP) is 5.07. The highest BCUT2D eigenvalue weighted by atomic mass is 16.4. The molecule has 0 saturated carbocycles. The van der Waals surface area contributed by atoms with E-state index >= 15 is 0 Å². The number of aromatic carboxylic acids is 2. The third kappa shape index (κ3) is 8.55. The Kier molecular flexibility index (Phi) is 10.9. The van der Waals surface area contributed by atoms with Gasteiger partial charge in [-0.2, -0.15) is 0 Å². The Morgan fingerprint density at radius 1 is 0.543 bits per heavy atom. The van der Waals surface area contributed by atoms with E-state index < -0.39 is 17.5 Å². The number of aliphatic hydroxyl groups is 2. The molecule has 0 aromatic heterocycles. The van der Waals surface area contributed by atoms with E-state index in [1.54, 1.807) is 60.7 Å². The molecule has 4 aromatic carbocycles. The van der Waals surface area contributed by atoms with E-state index in [0.29, 0.717) is 17.5 Å². The summed E-state index contributed by atoms with van der Waals surface area (Å²) in [6.07, 6.45) is 0.293. The van der Waals surface area contributed by atoms with E-state index in [-0.39, 0.29) is 6.61 Å². The van der Waals surface area contributed by atoms with E-state index in [1.807, 2.05) is 60.7 Å². The molecular weight excluding hydrogens is 444 g/mol. The first-order chi connectivity index (χ1) is 16.9. The molecule has 4 N–H and O–H groups in total. The number of carbonyl (C=O) groups is 2. The predicted molar refractivity (Wildman–Crippen MR) is 134 cm³/mol. The van der Waals surface area contributed by atoms with Crippen LogP contribution in [-0.4, -0.2) is 39.0 Å². The van der Waals surface area contributed by atoms with Gasteiger partial charge in [0.2, 0.25) is 0 Å². The summed E-state index contributed by atoms with van der Waals surface area (Å²) in [4.78, 5) is 20.4. The largest absolute Gasteiger partial charge is 0.478 e. The van der Waals surface area contributed by atoms with Gasteiger partial charge in [0, 0.05) is 13.0 Å². The highest BCUT2D eigenvalue weighted by molar-refractivity contribution is 5.87. The van der Waals surface area contributed by atoms with Crippen LogP contribution in [0.25, 0.3) is 0 Å². The maximum Gasteiger partial charge on any atom is 0.335 e. The van der Waals surface area contributed by atoms with Gasteiger partial charge in [-0.25, -0.2) is 9.59 Å². The van der Waals surface area contributed by atoms with Crippen molar-refractivity contribution in [2.75, 3.05) is 6.61 Å². The smallest absolute Gasteiger partial charge is 0.335 e. The van der Waals surface area contributed by atoms with Crippen LogP contribution in [0.1, 0.15) is 38.3 Å². The number of benzene rings is 4. The molecule has 0 unspecified atom stereocenters. The summed E-state index contributed by atoms with van der Waals surface area (Å²) in [6.45, 7) is -0.0553. The highest BCUT2D eigenvalue weighted by Crippen LogP contribution is 2.32. The van der Waals surface area contributed by atoms with Crippen molar-refractivity contribution >= 4 is 11.9 Å². The summed E-state index contributed by atoms with van der Waals surface area (Å²) in [7, 11) is 0. The third-order valence-electron chi connectivity index (χ3n) is 5.02. The first kappa shape index (κ1) is 27.0. The Morgan fingerprint density at radius 2 is 0.829 bits per heavy atom. The monoisotopic (exact) mass is 472 g/mol. The first-order valence-corrected chi connectivity index (χ1v) is 10.9. The molecule has 0 fully saturated rings. The second-order valence-electron chi connectivity index (χ2n) is 7.41. The molecule has 0 amide bonds. The summed E-state index contributed by atoms with van der Waals surface area (Å²) in [5.74, 6) is -1.76. The molecule has 0 saturated heterocycles. The van der Waals surface area contributed by atoms with Crippen molar-refractivity contribution in [3.63, 3.8) is 0 Å². The van der Waals surface area contributed by atoms with Crippen molar-refractivity contribution in [2.45, 2.75) is 12.0 Å². The van der Waals surface area contributed by atoms with Crippen LogP contribution in [0.4, 0.5) is 0 Å². The van der Waals surface area contributed by atoms with Crippen LogP contribution < -0.4 is 0 Å². The lowest BCUT2D eigenvalue weighted by Gasteiger charge is -2.28. The van der Waals surface area contributed by atoms with Crippen LogP contribution in [0, 0.1) is 0 Å². The summed E-state index contributed by atoms with van der Waals surface area (Å²) in [5.41, 5.74) is 1.16. The Hall–Kier alpha value is -4.26. The Bertz CT molecular complexity index is 1060. The van der Waals surface area contributed by atoms with E-state index in [4.69, 9.17) is 15.3 Å². The second kappa shape index (κ2) is 14.1. The van der Waals surface area contributed by atoms with Crippen LogP contribution in [-0.2, 0) is 5.60 Å². The van der Waals surface area contributed by atoms with Crippen molar-refractivity contribution in [2.24, 2.45) is 0 Å². The molecule has 4 rings (SSSR count). The Labute approximate surface area is 204 Å². The normalized spacial score (nSPS) is 10.1. The molecule has 0 bridgehead atoms. The molecule has 0 aliphatic heterocycles. The van der Waals surface area contributed by atoms with Crippen LogP contribution in [0.5, 0.6) is 0 Å². The minimum absolute atomic E-state index is 0.0553. The maximum absolute atomic E-state index is 10.8. The zero-order chi connectivity index (χ0) is 25.5. The van der Waals surface area contributed by atoms with Crippen LogP contribution in [0.3, 0.4) is 0 Å². The summed E-state index contributed by atoms with van der Waals surface area (Å²) in [5, 5.41) is 36.7. The van der Waals surface area contributed by atoms with Gasteiger partial charge >= 0.3 is 11.9 Å². The molecule has 6 nitrogen and oxygen atoms in total. The zero-order valence-electron chi connectivity index (χ0n) is 19.1. The fraction of sp³-hybridized carbons (Fsp3) is 0.103. The maximum atomic E-state index is 10.8. The van der Waals surface area contributed by atoms with Gasteiger partial charge in [-0.1, -0.05) is 97.1 Å². The van der Waals surface area contributed by atoms with Gasteiger partial charge < -0.3 is 20.4 Å². The molecule has 0 atom stereocenters. The van der Waals surface area contributed by atoms with Crippen LogP contribution in [0.15, 0.2) is 121 Å². The van der Waals surface area contributed by atoms with E-state index in [0.717, 1.165) is 11.1 Å². The average Bonchev–Trinajstić information content (AvgIpc) is 2.91. The number of hydrogen-bond acceptors (Lipinski definition) is 4. The highest BCUT2D eigenvalue weighted by Gasteiger charge is 2.30. The minimum atomic E-state index is -1.11. The van der Waals surface area contributed by atoms with Crippen molar-refractivity contribution < 1.29 is 30.0 Å². The summed E-state index contributed by atoms with van der Waals surface area (Å²) in [6, 6.07) is 35.5. The molecular formula is C29H28O6. The standard InChI is InChI=1S/C15H16O2.2C7H6O2/c16-12-11-15(17,13-7-3-1-4-8-13)14-9-5-2-6-10-14;2*8-7(9)6-4-2-1-3-5-6/h1-10,16-17H,11-12H2;2*1-5H,(H,8,9). The molecule has 4 aromatic rings. The molecule has 0 radical (unpaired) electrons. The molecule has 180 valence electrons. The average molecular weight is 473 g/mol. The topological polar surface area (TPSA) is 115 Å². The van der Waals surface area contributed by atoms with Crippen molar-refractivity contribution in [1.29, 1.82) is 0 Å². The quantitative estimate of drug-likeness (QED) is 0.311. The van der Waals surface area contributed by atoms with Crippen molar-refractivity contribution in [3.05, 3.63) is 144 Å². The van der Waals surface area contributed by atoms with Gasteiger partial charge in [0.25, 0.3) is 0 Å². The van der Waals surface area contributed by atoms with E-state index in [2.05, 4.69) is 0 Å². The number of rotatable bonds is 6. The number of carboxylic acid groups (broad SMARTS) is 2. The molecule has 0 aliphatic carbocycles. The molecule has 0 aliphatic rings. The molecule has 6 heteroatoms. The molecule has 0 heterocycles. The Morgan fingerprint density at radius 3 is 1.06 bits per heavy atom. The first-order valence-electron chi connectivity index (χ1n) is 10.9. The lowest BCUT2D eigenvalue weighted by Crippen LogP contribution is -2.28. The van der Waals surface area contributed by atoms with Crippen LogP contribution >= 0.6 is 0 Å². The van der Waals surface area contributed by atoms with Gasteiger partial charge in [-0.3, -0.25) is 0 Å². The molecule has 35 heavy (non-hydrogen) atoms. The lowest BCUT2D eigenvalue weighted by atomic mass is 9.84. The van der Waals surface area contributed by atoms with Crippen molar-refractivity contribution in [3.8, 4) is 0 Å². The second-order valence-corrected chi connectivity index (χ2v) is 7.41. The number of aliphatic hydroxyl groups excluding tert-OH is 1. The molecule has 0 spiro atoms. The zero-order valence-corrected chi connectivity index (χ0v) is 19.1. The van der Waals surface area contributed by atoms with Gasteiger partial charge in [-0.05, 0) is 35.4 Å². The number of hydrogen-bond donors (Lipinski definition) is 4. The fourth-order valence-electron chi connectivity index (χ4n) is 3.21. The van der Waals surface area contributed by atoms with Gasteiger partial charge in [0.1, 0.15) is 5.60 Å². The van der Waals surface area contributed by atoms with Crippen molar-refractivity contribution in [1.82, 2.24) is 0 Å². The third-order valence-corrected chi connectivity index (χ3v) is 5.02. The van der Waals surface area contributed by atoms with Gasteiger partial charge in [-0.15, -0.1) is 0 Å². The van der Waals surface area contributed by atoms with E-state index in [1.165, 1.54) is 0 Å². The van der Waals surface area contributed by atoms with Gasteiger partial charge in [0.05, 0.1) is 11.1 Å². The SMILES string of the molecule is O=C(O)c1ccccc1.O=C(O)c1ccccc1.OCCC(O)(c1ccccc1)c1ccccc1. The Balaban J connectivity index is 0.000000203. The van der Waals surface area contributed by atoms with Gasteiger partial charge in [0.15, 0.2) is 0 Å². The lowest BCUT2D eigenvalue weighted by molar-refractivity contribution is 0.0509. The summed E-state index contributed by atoms with van der Waals surface area (Å²) < 4.78 is 0. The summed E-state index contributed by atoms with van der Waals surface area (Å²) >= 11 is 0. The number of carboxylic acids is 2.